The summed E-state index contributed by atoms with van der Waals surface area (Å²) < 4.78 is -0.473. The zero-order chi connectivity index (χ0) is 11.3. The lowest BCUT2D eigenvalue weighted by molar-refractivity contribution is -0.314. The van der Waals surface area contributed by atoms with Gasteiger partial charge < -0.3 is 9.90 Å². The Morgan fingerprint density at radius 3 is 2.14 bits per heavy atom. The Hall–Kier alpha value is 1.39. The molecule has 0 aliphatic heterocycles. The Labute approximate surface area is 117 Å². The zero-order valence-electron chi connectivity index (χ0n) is 7.56. The molecule has 0 saturated heterocycles. The third kappa shape index (κ3) is 2.09. The van der Waals surface area contributed by atoms with E-state index in [9.17, 15) is 9.90 Å². The SMILES string of the molecule is CC1C(C(Br)C(Br)(Br)Br)C1(C)C(=O)[O-]. The molecule has 0 heterocycles. The van der Waals surface area contributed by atoms with E-state index in [4.69, 9.17) is 0 Å². The summed E-state index contributed by atoms with van der Waals surface area (Å²) in [4.78, 5) is 10.9. The van der Waals surface area contributed by atoms with Crippen LogP contribution in [0.5, 0.6) is 0 Å². The molecular weight excluding hydrogens is 448 g/mol. The molecule has 1 aliphatic carbocycles. The van der Waals surface area contributed by atoms with Crippen molar-refractivity contribution in [3.05, 3.63) is 0 Å². The molecule has 0 amide bonds. The average Bonchev–Trinajstić information content (AvgIpc) is 2.53. The van der Waals surface area contributed by atoms with Crippen molar-refractivity contribution in [2.24, 2.45) is 17.3 Å². The average molecular weight is 457 g/mol. The van der Waals surface area contributed by atoms with Crippen LogP contribution < -0.4 is 5.11 Å². The van der Waals surface area contributed by atoms with Gasteiger partial charge in [0.1, 0.15) is 2.14 Å². The molecule has 1 aliphatic rings. The maximum atomic E-state index is 11.0. The molecule has 1 fully saturated rings. The van der Waals surface area contributed by atoms with Gasteiger partial charge in [0.05, 0.1) is 4.83 Å². The molecule has 4 atom stereocenters. The lowest BCUT2D eigenvalue weighted by atomic mass is 10.1. The van der Waals surface area contributed by atoms with Crippen molar-refractivity contribution < 1.29 is 9.90 Å². The van der Waals surface area contributed by atoms with Crippen LogP contribution >= 0.6 is 63.7 Å². The van der Waals surface area contributed by atoms with Gasteiger partial charge >= 0.3 is 0 Å². The Morgan fingerprint density at radius 2 is 1.93 bits per heavy atom. The van der Waals surface area contributed by atoms with Crippen LogP contribution in [0.1, 0.15) is 13.8 Å². The van der Waals surface area contributed by atoms with E-state index in [-0.39, 0.29) is 16.7 Å². The number of carboxylic acids is 1. The summed E-state index contributed by atoms with van der Waals surface area (Å²) in [5.41, 5.74) is -0.727. The van der Waals surface area contributed by atoms with E-state index < -0.39 is 13.5 Å². The molecule has 14 heavy (non-hydrogen) atoms. The molecule has 0 N–H and O–H groups in total. The van der Waals surface area contributed by atoms with Crippen molar-refractivity contribution in [1.82, 2.24) is 0 Å². The van der Waals surface area contributed by atoms with E-state index in [0.717, 1.165) is 0 Å². The minimum Gasteiger partial charge on any atom is -0.550 e. The number of hydrogen-bond donors (Lipinski definition) is 0. The molecular formula is C8H9Br4O2-. The second kappa shape index (κ2) is 4.00. The van der Waals surface area contributed by atoms with Gasteiger partial charge in [0.15, 0.2) is 0 Å². The van der Waals surface area contributed by atoms with Crippen LogP contribution in [0.15, 0.2) is 0 Å². The highest BCUT2D eigenvalue weighted by Crippen LogP contribution is 2.65. The lowest BCUT2D eigenvalue weighted by Gasteiger charge is -2.22. The summed E-state index contributed by atoms with van der Waals surface area (Å²) >= 11 is 13.6. The molecule has 0 aromatic rings. The summed E-state index contributed by atoms with van der Waals surface area (Å²) in [6.07, 6.45) is 0. The first-order valence-corrected chi connectivity index (χ1v) is 7.35. The highest BCUT2D eigenvalue weighted by molar-refractivity contribution is 9.40. The molecule has 0 bridgehead atoms. The molecule has 82 valence electrons. The quantitative estimate of drug-likeness (QED) is 0.599. The second-order valence-electron chi connectivity index (χ2n) is 3.83. The number of carboxylic acid groups (broad SMARTS) is 1. The normalized spacial score (nSPS) is 39.3. The summed E-state index contributed by atoms with van der Waals surface area (Å²) in [5, 5.41) is 11.0. The summed E-state index contributed by atoms with van der Waals surface area (Å²) in [7, 11) is 0. The molecule has 4 unspecified atom stereocenters. The first-order chi connectivity index (χ1) is 6.13. The van der Waals surface area contributed by atoms with Crippen LogP contribution in [0.4, 0.5) is 0 Å². The van der Waals surface area contributed by atoms with Crippen molar-refractivity contribution in [1.29, 1.82) is 0 Å². The maximum Gasteiger partial charge on any atom is 0.147 e. The maximum absolute atomic E-state index is 11.0. The minimum absolute atomic E-state index is 0.0205. The van der Waals surface area contributed by atoms with Gasteiger partial charge in [0.25, 0.3) is 0 Å². The van der Waals surface area contributed by atoms with Gasteiger partial charge in [0, 0.05) is 11.4 Å². The first kappa shape index (κ1) is 13.5. The van der Waals surface area contributed by atoms with E-state index in [1.807, 2.05) is 6.92 Å². The van der Waals surface area contributed by atoms with Crippen LogP contribution in [0.25, 0.3) is 0 Å². The van der Waals surface area contributed by atoms with Crippen molar-refractivity contribution >= 4 is 69.7 Å². The van der Waals surface area contributed by atoms with Crippen molar-refractivity contribution in [2.75, 3.05) is 0 Å². The Balaban J connectivity index is 2.81. The van der Waals surface area contributed by atoms with Crippen LogP contribution in [-0.2, 0) is 4.79 Å². The molecule has 0 radical (unpaired) electrons. The highest BCUT2D eigenvalue weighted by Gasteiger charge is 2.64. The summed E-state index contributed by atoms with van der Waals surface area (Å²) in [5.74, 6) is -0.814. The van der Waals surface area contributed by atoms with Gasteiger partial charge in [-0.15, -0.1) is 0 Å². The van der Waals surface area contributed by atoms with E-state index in [2.05, 4.69) is 63.7 Å². The van der Waals surface area contributed by atoms with Crippen LogP contribution in [0.2, 0.25) is 0 Å². The minimum atomic E-state index is -0.976. The molecule has 6 heteroatoms. The van der Waals surface area contributed by atoms with Crippen molar-refractivity contribution in [3.63, 3.8) is 0 Å². The van der Waals surface area contributed by atoms with Gasteiger partial charge in [-0.2, -0.15) is 0 Å². The number of rotatable bonds is 2. The van der Waals surface area contributed by atoms with E-state index >= 15 is 0 Å². The van der Waals surface area contributed by atoms with Crippen LogP contribution in [-0.4, -0.2) is 12.9 Å². The molecule has 2 nitrogen and oxygen atoms in total. The van der Waals surface area contributed by atoms with Gasteiger partial charge in [-0.05, 0) is 11.8 Å². The smallest absolute Gasteiger partial charge is 0.147 e. The fourth-order valence-corrected chi connectivity index (χ4v) is 3.71. The van der Waals surface area contributed by atoms with Crippen LogP contribution in [0.3, 0.4) is 0 Å². The van der Waals surface area contributed by atoms with Crippen molar-refractivity contribution in [2.45, 2.75) is 20.8 Å². The highest BCUT2D eigenvalue weighted by atomic mass is 80.0. The van der Waals surface area contributed by atoms with E-state index in [1.54, 1.807) is 6.92 Å². The fraction of sp³-hybridized carbons (Fsp3) is 0.875. The van der Waals surface area contributed by atoms with Gasteiger partial charge in [0.2, 0.25) is 0 Å². The number of aliphatic carboxylic acids is 1. The predicted octanol–water partition coefficient (Wildman–Crippen LogP) is 2.61. The van der Waals surface area contributed by atoms with E-state index in [0.29, 0.717) is 0 Å². The number of carbonyl (C=O) groups excluding carboxylic acids is 1. The fourth-order valence-electron chi connectivity index (χ4n) is 1.85. The van der Waals surface area contributed by atoms with Crippen molar-refractivity contribution in [3.8, 4) is 0 Å². The second-order valence-corrected chi connectivity index (χ2v) is 11.8. The van der Waals surface area contributed by atoms with Crippen LogP contribution in [0, 0.1) is 17.3 Å². The van der Waals surface area contributed by atoms with Gasteiger partial charge in [-0.3, -0.25) is 0 Å². The molecule has 1 rings (SSSR count). The number of hydrogen-bond acceptors (Lipinski definition) is 2. The predicted molar refractivity (Wildman–Crippen MR) is 68.0 cm³/mol. The third-order valence-corrected chi connectivity index (χ3v) is 7.71. The number of carbonyl (C=O) groups is 1. The molecule has 1 saturated carbocycles. The summed E-state index contributed by atoms with van der Waals surface area (Å²) in [6, 6.07) is 0. The topological polar surface area (TPSA) is 40.1 Å². The first-order valence-electron chi connectivity index (χ1n) is 4.05. The van der Waals surface area contributed by atoms with Gasteiger partial charge in [-0.25, -0.2) is 0 Å². The standard InChI is InChI=1S/C8H10Br4O2/c1-3-4(5(9)8(10,11)12)7(3,2)6(13)14/h3-5H,1-2H3,(H,13,14)/p-1. The molecule has 0 spiro atoms. The molecule has 0 aromatic carbocycles. The molecule has 0 aromatic heterocycles. The number of alkyl halides is 4. The van der Waals surface area contributed by atoms with Gasteiger partial charge in [-0.1, -0.05) is 77.6 Å². The Kier molecular flexibility index (Phi) is 3.85. The monoisotopic (exact) mass is 453 g/mol. The summed E-state index contributed by atoms with van der Waals surface area (Å²) in [6.45, 7) is 3.65. The lowest BCUT2D eigenvalue weighted by Crippen LogP contribution is -2.35. The largest absolute Gasteiger partial charge is 0.550 e. The Morgan fingerprint density at radius 1 is 1.50 bits per heavy atom. The van der Waals surface area contributed by atoms with E-state index in [1.165, 1.54) is 0 Å². The zero-order valence-corrected chi connectivity index (χ0v) is 13.9. The Bertz CT molecular complexity index is 263. The third-order valence-electron chi connectivity index (χ3n) is 3.14. The number of halogens is 4.